The van der Waals surface area contributed by atoms with E-state index in [9.17, 15) is 34.6 Å². The normalized spacial score (nSPS) is 43.6. The molecule has 1 unspecified atom stereocenters. The number of hydroxylamine groups is 3. The molecule has 2 saturated heterocycles. The van der Waals surface area contributed by atoms with Gasteiger partial charge in [0, 0.05) is 18.6 Å². The summed E-state index contributed by atoms with van der Waals surface area (Å²) in [6, 6.07) is -2.03. The lowest BCUT2D eigenvalue weighted by Gasteiger charge is -2.44. The predicted molar refractivity (Wildman–Crippen MR) is 106 cm³/mol. The fourth-order valence-electron chi connectivity index (χ4n) is 4.41. The minimum atomic E-state index is -1.69. The van der Waals surface area contributed by atoms with E-state index in [4.69, 9.17) is 4.74 Å². The minimum absolute atomic E-state index is 0.128. The van der Waals surface area contributed by atoms with E-state index < -0.39 is 69.4 Å². The van der Waals surface area contributed by atoms with Crippen molar-refractivity contribution in [3.63, 3.8) is 0 Å². The van der Waals surface area contributed by atoms with Gasteiger partial charge in [0.2, 0.25) is 0 Å². The summed E-state index contributed by atoms with van der Waals surface area (Å²) < 4.78 is 16.7. The van der Waals surface area contributed by atoms with Crippen LogP contribution in [-0.2, 0) is 20.3 Å². The zero-order valence-corrected chi connectivity index (χ0v) is 18.1. The summed E-state index contributed by atoms with van der Waals surface area (Å²) in [7, 11) is -0.249. The number of nitrogens with one attached hydrogen (secondary N) is 1. The quantitative estimate of drug-likeness (QED) is 0.229. The van der Waals surface area contributed by atoms with E-state index in [-0.39, 0.29) is 5.92 Å². The Labute approximate surface area is 173 Å². The first-order valence-electron chi connectivity index (χ1n) is 9.97. The first kappa shape index (κ1) is 24.6. The van der Waals surface area contributed by atoms with Crippen LogP contribution in [0.1, 0.15) is 33.1 Å². The number of quaternary nitrogens is 1. The Balaban J connectivity index is 2.19. The van der Waals surface area contributed by atoms with Gasteiger partial charge in [-0.05, 0) is 13.3 Å². The van der Waals surface area contributed by atoms with Crippen LogP contribution in [0.4, 0.5) is 0 Å². The second-order valence-electron chi connectivity index (χ2n) is 8.48. The molecule has 2 aliphatic heterocycles. The van der Waals surface area contributed by atoms with Crippen molar-refractivity contribution in [2.24, 2.45) is 5.92 Å². The average Bonchev–Trinajstić information content (AvgIpc) is 2.92. The third kappa shape index (κ3) is 5.34. The van der Waals surface area contributed by atoms with Crippen LogP contribution in [0.25, 0.3) is 0 Å². The molecule has 5 N–H and O–H groups in total. The van der Waals surface area contributed by atoms with Crippen molar-refractivity contribution in [1.29, 1.82) is 0 Å². The maximum Gasteiger partial charge on any atom is 0.279 e. The van der Waals surface area contributed by atoms with Gasteiger partial charge in [0.1, 0.15) is 24.4 Å². The summed E-state index contributed by atoms with van der Waals surface area (Å²) in [5.41, 5.74) is -1.29. The standard InChI is InChI=1S/C18H34N2O8S/c1-5-6-10-7-11(20(3,26)8-10)17(25)19-12(9(2)21)16-14(23)13(22)15(24)18(28-16)29(4)27/h9-16,18,21-24H,5-8H2,1-4H3,(H,19,25)/t9-,10-,11+,12-,13+,14-,15-,16-,18-,20+,29?/m1/s1. The van der Waals surface area contributed by atoms with Crippen molar-refractivity contribution < 1.29 is 38.8 Å². The lowest BCUT2D eigenvalue weighted by molar-refractivity contribution is -0.865. The van der Waals surface area contributed by atoms with E-state index in [1.807, 2.05) is 6.92 Å². The van der Waals surface area contributed by atoms with Gasteiger partial charge in [-0.2, -0.15) is 0 Å². The summed E-state index contributed by atoms with van der Waals surface area (Å²) in [6.45, 7) is 3.72. The first-order chi connectivity index (χ1) is 13.4. The molecule has 0 bridgehead atoms. The molecule has 2 aliphatic rings. The maximum absolute atomic E-state index is 12.9. The number of aliphatic hydroxyl groups excluding tert-OH is 4. The van der Waals surface area contributed by atoms with Gasteiger partial charge in [0.15, 0.2) is 11.5 Å². The smallest absolute Gasteiger partial charge is 0.279 e. The zero-order valence-electron chi connectivity index (χ0n) is 17.3. The number of aliphatic hydroxyl groups is 4. The number of rotatable bonds is 7. The molecule has 10 nitrogen and oxygen atoms in total. The van der Waals surface area contributed by atoms with Crippen LogP contribution >= 0.6 is 0 Å². The Hall–Kier alpha value is -0.660. The predicted octanol–water partition coefficient (Wildman–Crippen LogP) is -1.83. The second-order valence-corrected chi connectivity index (χ2v) is 9.94. The number of ether oxygens (including phenoxy) is 1. The summed E-state index contributed by atoms with van der Waals surface area (Å²) in [6.07, 6.45) is -3.94. The number of amides is 1. The molecule has 170 valence electrons. The molecule has 0 aromatic heterocycles. The van der Waals surface area contributed by atoms with Crippen molar-refractivity contribution in [2.45, 2.75) is 81.1 Å². The number of hydrogen-bond donors (Lipinski definition) is 5. The van der Waals surface area contributed by atoms with E-state index >= 15 is 0 Å². The molecule has 2 fully saturated rings. The Morgan fingerprint density at radius 1 is 1.31 bits per heavy atom. The Bertz CT molecular complexity index is 604. The molecule has 0 aromatic rings. The molecule has 2 rings (SSSR count). The summed E-state index contributed by atoms with van der Waals surface area (Å²) in [5, 5.41) is 56.1. The Kier molecular flexibility index (Phi) is 8.19. The van der Waals surface area contributed by atoms with E-state index in [0.717, 1.165) is 12.8 Å². The molecular formula is C18H34N2O8S. The van der Waals surface area contributed by atoms with Crippen LogP contribution < -0.4 is 5.32 Å². The molecular weight excluding hydrogens is 404 g/mol. The number of likely N-dealkylation sites (N-methyl/N-ethyl adjacent to an activating group) is 1. The van der Waals surface area contributed by atoms with Gasteiger partial charge in [-0.3, -0.25) is 9.00 Å². The van der Waals surface area contributed by atoms with E-state index in [2.05, 4.69) is 5.32 Å². The molecule has 0 aliphatic carbocycles. The largest absolute Gasteiger partial charge is 0.632 e. The Morgan fingerprint density at radius 2 is 1.93 bits per heavy atom. The van der Waals surface area contributed by atoms with E-state index in [1.165, 1.54) is 20.2 Å². The number of carbonyl (C=O) groups excluding carboxylic acids is 1. The van der Waals surface area contributed by atoms with Crippen molar-refractivity contribution >= 4 is 16.7 Å². The third-order valence-electron chi connectivity index (χ3n) is 5.95. The SMILES string of the molecule is CCC[C@@H]1C[C@@H](C(=O)N[C@@H]([C@H]2O[C@H](S(C)=O)[C@H](O)[C@@H](O)[C@H]2O)[C@@H](C)O)[N@@+](C)([O-])C1. The van der Waals surface area contributed by atoms with Gasteiger partial charge < -0.3 is 40.3 Å². The second kappa shape index (κ2) is 9.65. The third-order valence-corrected chi connectivity index (χ3v) is 7.00. The van der Waals surface area contributed by atoms with Crippen LogP contribution in [0.3, 0.4) is 0 Å². The summed E-state index contributed by atoms with van der Waals surface area (Å²) in [5.74, 6) is -0.443. The summed E-state index contributed by atoms with van der Waals surface area (Å²) in [4.78, 5) is 12.9. The molecule has 0 radical (unpaired) electrons. The number of nitrogens with zero attached hydrogens (tertiary/aromatic N) is 1. The highest BCUT2D eigenvalue weighted by atomic mass is 32.2. The minimum Gasteiger partial charge on any atom is -0.632 e. The van der Waals surface area contributed by atoms with Crippen LogP contribution in [0.2, 0.25) is 0 Å². The van der Waals surface area contributed by atoms with Crippen LogP contribution in [0, 0.1) is 11.1 Å². The number of likely N-dealkylation sites (tertiary alicyclic amines) is 1. The molecule has 0 spiro atoms. The van der Waals surface area contributed by atoms with Gasteiger partial charge >= 0.3 is 0 Å². The highest BCUT2D eigenvalue weighted by molar-refractivity contribution is 7.84. The fraction of sp³-hybridized carbons (Fsp3) is 0.944. The molecule has 29 heavy (non-hydrogen) atoms. The number of hydrogen-bond acceptors (Lipinski definition) is 8. The van der Waals surface area contributed by atoms with E-state index in [0.29, 0.717) is 13.0 Å². The highest BCUT2D eigenvalue weighted by Crippen LogP contribution is 2.32. The van der Waals surface area contributed by atoms with Crippen molar-refractivity contribution in [1.82, 2.24) is 5.32 Å². The lowest BCUT2D eigenvalue weighted by atomic mass is 9.92. The molecule has 0 saturated carbocycles. The number of carbonyl (C=O) groups is 1. The first-order valence-corrected chi connectivity index (χ1v) is 11.6. The van der Waals surface area contributed by atoms with Gasteiger partial charge in [-0.25, -0.2) is 0 Å². The topological polar surface area (TPSA) is 159 Å². The van der Waals surface area contributed by atoms with Crippen LogP contribution in [0.15, 0.2) is 0 Å². The molecule has 1 amide bonds. The fourth-order valence-corrected chi connectivity index (χ4v) is 5.25. The molecule has 11 atom stereocenters. The monoisotopic (exact) mass is 438 g/mol. The molecule has 0 aromatic carbocycles. The van der Waals surface area contributed by atoms with Crippen molar-refractivity contribution in [2.75, 3.05) is 19.8 Å². The molecule has 11 heteroatoms. The van der Waals surface area contributed by atoms with E-state index in [1.54, 1.807) is 0 Å². The van der Waals surface area contributed by atoms with Gasteiger partial charge in [-0.1, -0.05) is 13.3 Å². The highest BCUT2D eigenvalue weighted by Gasteiger charge is 2.50. The van der Waals surface area contributed by atoms with Crippen molar-refractivity contribution in [3.05, 3.63) is 5.21 Å². The van der Waals surface area contributed by atoms with Crippen molar-refractivity contribution in [3.8, 4) is 0 Å². The van der Waals surface area contributed by atoms with Gasteiger partial charge in [0.25, 0.3) is 5.91 Å². The Morgan fingerprint density at radius 3 is 2.45 bits per heavy atom. The molecule has 2 heterocycles. The zero-order chi connectivity index (χ0) is 22.1. The maximum atomic E-state index is 12.9. The average molecular weight is 439 g/mol. The van der Waals surface area contributed by atoms with Crippen LogP contribution in [-0.4, -0.2) is 103 Å². The lowest BCUT2D eigenvalue weighted by Crippen LogP contribution is -2.67. The van der Waals surface area contributed by atoms with Gasteiger partial charge in [-0.15, -0.1) is 0 Å². The van der Waals surface area contributed by atoms with Crippen LogP contribution in [0.5, 0.6) is 0 Å². The van der Waals surface area contributed by atoms with Gasteiger partial charge in [0.05, 0.1) is 36.5 Å². The summed E-state index contributed by atoms with van der Waals surface area (Å²) >= 11 is 0.